The van der Waals surface area contributed by atoms with Gasteiger partial charge in [-0.3, -0.25) is 4.99 Å². The predicted molar refractivity (Wildman–Crippen MR) is 126 cm³/mol. The number of nitrogens with one attached hydrogen (secondary N) is 3. The number of guanidine groups is 1. The van der Waals surface area contributed by atoms with Crippen LogP contribution in [0.15, 0.2) is 47.5 Å². The van der Waals surface area contributed by atoms with E-state index in [1.807, 2.05) is 25.1 Å². The summed E-state index contributed by atoms with van der Waals surface area (Å²) in [6.45, 7) is 4.19. The fourth-order valence-electron chi connectivity index (χ4n) is 2.59. The summed E-state index contributed by atoms with van der Waals surface area (Å²) >= 11 is 0. The lowest BCUT2D eigenvalue weighted by Crippen LogP contribution is -2.38. The van der Waals surface area contributed by atoms with E-state index in [9.17, 15) is 12.8 Å². The molecule has 6 nitrogen and oxygen atoms in total. The molecule has 0 saturated heterocycles. The number of rotatable bonds is 7. The Labute approximate surface area is 189 Å². The van der Waals surface area contributed by atoms with Crippen molar-refractivity contribution >= 4 is 40.0 Å². The molecule has 0 radical (unpaired) electrons. The third-order valence-electron chi connectivity index (χ3n) is 4.42. The van der Waals surface area contributed by atoms with E-state index in [1.165, 1.54) is 13.1 Å². The maximum atomic E-state index is 13.8. The summed E-state index contributed by atoms with van der Waals surface area (Å²) in [4.78, 5) is 4.20. The van der Waals surface area contributed by atoms with Gasteiger partial charge in [0.25, 0.3) is 0 Å². The van der Waals surface area contributed by atoms with Crippen LogP contribution in [0.4, 0.5) is 4.39 Å². The van der Waals surface area contributed by atoms with E-state index in [-0.39, 0.29) is 41.6 Å². The van der Waals surface area contributed by atoms with Crippen molar-refractivity contribution in [2.24, 2.45) is 4.99 Å². The number of aryl methyl sites for hydroxylation is 1. The SMILES string of the molecule is CN=C(NCc1ccc(CS(=O)(=O)NC)cc1)NC(C)c1ccc(C)c(F)c1.I. The molecule has 0 spiro atoms. The summed E-state index contributed by atoms with van der Waals surface area (Å²) < 4.78 is 39.3. The Hall–Kier alpha value is -1.72. The van der Waals surface area contributed by atoms with Gasteiger partial charge in [0.05, 0.1) is 11.8 Å². The average Bonchev–Trinajstić information content (AvgIpc) is 2.68. The molecule has 0 aliphatic rings. The molecule has 2 aromatic rings. The quantitative estimate of drug-likeness (QED) is 0.290. The summed E-state index contributed by atoms with van der Waals surface area (Å²) in [5.41, 5.74) is 3.16. The molecule has 0 saturated carbocycles. The van der Waals surface area contributed by atoms with E-state index >= 15 is 0 Å². The first kappa shape index (κ1) is 25.3. The molecule has 0 aliphatic carbocycles. The van der Waals surface area contributed by atoms with Gasteiger partial charge in [0.2, 0.25) is 10.0 Å². The monoisotopic (exact) mass is 534 g/mol. The van der Waals surface area contributed by atoms with Crippen molar-refractivity contribution in [2.75, 3.05) is 14.1 Å². The second-order valence-electron chi connectivity index (χ2n) is 6.58. The van der Waals surface area contributed by atoms with Crippen LogP contribution in [0.1, 0.15) is 35.2 Å². The van der Waals surface area contributed by atoms with Crippen LogP contribution in [0.5, 0.6) is 0 Å². The van der Waals surface area contributed by atoms with E-state index in [1.54, 1.807) is 32.2 Å². The van der Waals surface area contributed by atoms with Crippen molar-refractivity contribution in [1.29, 1.82) is 0 Å². The molecule has 0 heterocycles. The van der Waals surface area contributed by atoms with E-state index in [0.29, 0.717) is 18.1 Å². The second kappa shape index (κ2) is 11.5. The Bertz CT molecular complexity index is 934. The molecule has 160 valence electrons. The van der Waals surface area contributed by atoms with E-state index in [4.69, 9.17) is 0 Å². The van der Waals surface area contributed by atoms with Crippen LogP contribution in [0.25, 0.3) is 0 Å². The molecular formula is C20H28FIN4O2S. The molecule has 0 bridgehead atoms. The molecule has 1 unspecified atom stereocenters. The third kappa shape index (κ3) is 7.90. The highest BCUT2D eigenvalue weighted by atomic mass is 127. The molecule has 29 heavy (non-hydrogen) atoms. The van der Waals surface area contributed by atoms with Crippen LogP contribution in [0.2, 0.25) is 0 Å². The Morgan fingerprint density at radius 3 is 2.31 bits per heavy atom. The first-order chi connectivity index (χ1) is 13.2. The van der Waals surface area contributed by atoms with E-state index in [0.717, 1.165) is 16.7 Å². The van der Waals surface area contributed by atoms with Crippen molar-refractivity contribution < 1.29 is 12.8 Å². The minimum atomic E-state index is -3.28. The van der Waals surface area contributed by atoms with Crippen LogP contribution in [-0.4, -0.2) is 28.5 Å². The van der Waals surface area contributed by atoms with Crippen LogP contribution >= 0.6 is 24.0 Å². The summed E-state index contributed by atoms with van der Waals surface area (Å²) in [6, 6.07) is 12.4. The number of sulfonamides is 1. The molecule has 1 atom stereocenters. The van der Waals surface area contributed by atoms with E-state index in [2.05, 4.69) is 20.3 Å². The van der Waals surface area contributed by atoms with Crippen LogP contribution in [0, 0.1) is 12.7 Å². The number of aliphatic imine (C=N–C) groups is 1. The third-order valence-corrected chi connectivity index (χ3v) is 5.76. The fourth-order valence-corrected chi connectivity index (χ4v) is 3.37. The Kier molecular flexibility index (Phi) is 10.0. The first-order valence-electron chi connectivity index (χ1n) is 8.96. The maximum Gasteiger partial charge on any atom is 0.215 e. The molecule has 0 fully saturated rings. The molecule has 2 aromatic carbocycles. The number of halogens is 2. The Morgan fingerprint density at radius 2 is 1.76 bits per heavy atom. The smallest absolute Gasteiger partial charge is 0.215 e. The van der Waals surface area contributed by atoms with Gasteiger partial charge in [-0.2, -0.15) is 0 Å². The highest BCUT2D eigenvalue weighted by molar-refractivity contribution is 14.0. The topological polar surface area (TPSA) is 82.6 Å². The van der Waals surface area contributed by atoms with Crippen LogP contribution in [-0.2, 0) is 22.3 Å². The highest BCUT2D eigenvalue weighted by Gasteiger charge is 2.11. The molecule has 3 N–H and O–H groups in total. The molecular weight excluding hydrogens is 506 g/mol. The normalized spacial score (nSPS) is 12.8. The molecule has 0 amide bonds. The van der Waals surface area contributed by atoms with Gasteiger partial charge in [0, 0.05) is 13.6 Å². The lowest BCUT2D eigenvalue weighted by atomic mass is 10.1. The number of nitrogens with zero attached hydrogens (tertiary/aromatic N) is 1. The zero-order chi connectivity index (χ0) is 20.7. The van der Waals surface area contributed by atoms with E-state index < -0.39 is 10.0 Å². The summed E-state index contributed by atoms with van der Waals surface area (Å²) in [7, 11) is -0.211. The predicted octanol–water partition coefficient (Wildman–Crippen LogP) is 3.23. The largest absolute Gasteiger partial charge is 0.352 e. The van der Waals surface area contributed by atoms with Crippen molar-refractivity contribution in [1.82, 2.24) is 15.4 Å². The fraction of sp³-hybridized carbons (Fsp3) is 0.350. The summed E-state index contributed by atoms with van der Waals surface area (Å²) in [5, 5.41) is 6.44. The van der Waals surface area contributed by atoms with Crippen molar-refractivity contribution in [3.63, 3.8) is 0 Å². The summed E-state index contributed by atoms with van der Waals surface area (Å²) in [6.07, 6.45) is 0. The second-order valence-corrected chi connectivity index (χ2v) is 8.51. The van der Waals surface area contributed by atoms with Gasteiger partial charge in [-0.1, -0.05) is 36.4 Å². The molecule has 9 heteroatoms. The van der Waals surface area contributed by atoms with Crippen molar-refractivity contribution in [3.05, 3.63) is 70.5 Å². The lowest BCUT2D eigenvalue weighted by molar-refractivity contribution is 0.587. The van der Waals surface area contributed by atoms with Gasteiger partial charge in [0.1, 0.15) is 5.82 Å². The molecule has 2 rings (SSSR count). The Morgan fingerprint density at radius 1 is 1.14 bits per heavy atom. The van der Waals surface area contributed by atoms with Gasteiger partial charge in [-0.15, -0.1) is 24.0 Å². The van der Waals surface area contributed by atoms with Crippen molar-refractivity contribution in [3.8, 4) is 0 Å². The standard InChI is InChI=1S/C20H27FN4O2S.HI/c1-14-5-10-18(11-19(14)21)15(2)25-20(22-3)24-12-16-6-8-17(9-7-16)13-28(26,27)23-4;/h5-11,15,23H,12-13H2,1-4H3,(H2,22,24,25);1H. The van der Waals surface area contributed by atoms with Gasteiger partial charge >= 0.3 is 0 Å². The number of hydrogen-bond donors (Lipinski definition) is 3. The number of benzene rings is 2. The summed E-state index contributed by atoms with van der Waals surface area (Å²) in [5.74, 6) is 0.315. The minimum absolute atomic E-state index is 0. The van der Waals surface area contributed by atoms with Gasteiger partial charge in [0.15, 0.2) is 5.96 Å². The highest BCUT2D eigenvalue weighted by Crippen LogP contribution is 2.16. The van der Waals surface area contributed by atoms with Crippen LogP contribution < -0.4 is 15.4 Å². The minimum Gasteiger partial charge on any atom is -0.352 e. The maximum absolute atomic E-state index is 13.8. The number of hydrogen-bond acceptors (Lipinski definition) is 3. The van der Waals surface area contributed by atoms with Crippen molar-refractivity contribution in [2.45, 2.75) is 32.2 Å². The molecule has 0 aliphatic heterocycles. The zero-order valence-corrected chi connectivity index (χ0v) is 20.1. The average molecular weight is 534 g/mol. The van der Waals surface area contributed by atoms with Gasteiger partial charge < -0.3 is 10.6 Å². The Balaban J connectivity index is 0.00000420. The van der Waals surface area contributed by atoms with Crippen LogP contribution in [0.3, 0.4) is 0 Å². The van der Waals surface area contributed by atoms with Gasteiger partial charge in [-0.25, -0.2) is 17.5 Å². The first-order valence-corrected chi connectivity index (χ1v) is 10.6. The van der Waals surface area contributed by atoms with Gasteiger partial charge in [-0.05, 0) is 49.2 Å². The molecule has 0 aromatic heterocycles. The zero-order valence-electron chi connectivity index (χ0n) is 17.0. The lowest BCUT2D eigenvalue weighted by Gasteiger charge is -2.19.